The van der Waals surface area contributed by atoms with E-state index in [9.17, 15) is 25.0 Å². The van der Waals surface area contributed by atoms with Crippen LogP contribution in [0.5, 0.6) is 0 Å². The Bertz CT molecular complexity index is 532. The highest BCUT2D eigenvalue weighted by atomic mass is 32.2. The Balaban J connectivity index is 3.01. The molecule has 0 aliphatic carbocycles. The summed E-state index contributed by atoms with van der Waals surface area (Å²) in [6.07, 6.45) is 2.05. The normalized spacial score (nSPS) is 11.8. The van der Waals surface area contributed by atoms with Gasteiger partial charge in [0.25, 0.3) is 0 Å². The molecule has 20 heavy (non-hydrogen) atoms. The Hall–Kier alpha value is -1.88. The van der Waals surface area contributed by atoms with Crippen molar-refractivity contribution in [3.8, 4) is 0 Å². The molecule has 1 rings (SSSR count). The molecule has 0 spiro atoms. The summed E-state index contributed by atoms with van der Waals surface area (Å²) < 4.78 is 0. The molecule has 1 heterocycles. The van der Waals surface area contributed by atoms with Crippen molar-refractivity contribution >= 4 is 44.8 Å². The van der Waals surface area contributed by atoms with E-state index in [1.807, 2.05) is 0 Å². The number of carboxylic acids is 1. The monoisotopic (exact) mass is 321 g/mol. The van der Waals surface area contributed by atoms with Crippen LogP contribution >= 0.6 is 23.1 Å². The van der Waals surface area contributed by atoms with Crippen molar-refractivity contribution in [2.75, 3.05) is 17.3 Å². The van der Waals surface area contributed by atoms with Gasteiger partial charge in [-0.3, -0.25) is 20.2 Å². The minimum absolute atomic E-state index is 0.116. The number of aliphatic carboxylic acids is 1. The van der Waals surface area contributed by atoms with Crippen LogP contribution in [0, 0.1) is 20.2 Å². The molecule has 1 unspecified atom stereocenters. The number of hydrogen-bond donors (Lipinski definition) is 2. The van der Waals surface area contributed by atoms with Gasteiger partial charge in [0.2, 0.25) is 0 Å². The zero-order chi connectivity index (χ0) is 15.3. The van der Waals surface area contributed by atoms with Crippen LogP contribution in [0.4, 0.5) is 15.7 Å². The molecule has 110 valence electrons. The second-order valence-electron chi connectivity index (χ2n) is 3.63. The summed E-state index contributed by atoms with van der Waals surface area (Å²) in [6.45, 7) is 0. The topological polar surface area (TPSA) is 136 Å². The van der Waals surface area contributed by atoms with E-state index in [1.54, 1.807) is 6.26 Å². The molecule has 0 fully saturated rings. The molecule has 0 aliphatic rings. The summed E-state index contributed by atoms with van der Waals surface area (Å²) in [5.41, 5.74) is -0.489. The van der Waals surface area contributed by atoms with Crippen LogP contribution in [0.2, 0.25) is 0 Å². The number of thioether (sulfide) groups is 1. The van der Waals surface area contributed by atoms with Crippen LogP contribution in [0.1, 0.15) is 6.42 Å². The predicted molar refractivity (Wildman–Crippen MR) is 75.7 cm³/mol. The fourth-order valence-electron chi connectivity index (χ4n) is 1.35. The van der Waals surface area contributed by atoms with Gasteiger partial charge in [0, 0.05) is 0 Å². The summed E-state index contributed by atoms with van der Waals surface area (Å²) in [5, 5.41) is 32.5. The van der Waals surface area contributed by atoms with Crippen LogP contribution in [-0.4, -0.2) is 39.0 Å². The number of carbonyl (C=O) groups is 1. The van der Waals surface area contributed by atoms with Crippen molar-refractivity contribution in [3.63, 3.8) is 0 Å². The van der Waals surface area contributed by atoms with E-state index in [2.05, 4.69) is 5.32 Å². The highest BCUT2D eigenvalue weighted by Crippen LogP contribution is 2.39. The highest BCUT2D eigenvalue weighted by molar-refractivity contribution is 7.98. The summed E-state index contributed by atoms with van der Waals surface area (Å²) in [7, 11) is 0. The Labute approximate surface area is 121 Å². The second kappa shape index (κ2) is 7.05. The Morgan fingerprint density at radius 1 is 1.50 bits per heavy atom. The molecule has 0 bridgehead atoms. The zero-order valence-electron chi connectivity index (χ0n) is 10.3. The molecular formula is C9H11N3O6S2. The van der Waals surface area contributed by atoms with E-state index in [0.717, 1.165) is 6.07 Å². The summed E-state index contributed by atoms with van der Waals surface area (Å²) in [6, 6.07) is -0.208. The smallest absolute Gasteiger partial charge is 0.333 e. The molecule has 0 aliphatic heterocycles. The van der Waals surface area contributed by atoms with Crippen molar-refractivity contribution in [1.82, 2.24) is 0 Å². The molecule has 0 saturated heterocycles. The van der Waals surface area contributed by atoms with E-state index in [0.29, 0.717) is 17.1 Å². The van der Waals surface area contributed by atoms with E-state index < -0.39 is 32.5 Å². The lowest BCUT2D eigenvalue weighted by Gasteiger charge is -2.12. The molecule has 9 nitrogen and oxygen atoms in total. The van der Waals surface area contributed by atoms with Crippen LogP contribution < -0.4 is 5.32 Å². The zero-order valence-corrected chi connectivity index (χ0v) is 11.9. The van der Waals surface area contributed by atoms with Gasteiger partial charge in [-0.15, -0.1) is 0 Å². The fraction of sp³-hybridized carbons (Fsp3) is 0.444. The van der Waals surface area contributed by atoms with E-state index in [-0.39, 0.29) is 11.4 Å². The third kappa shape index (κ3) is 4.06. The average Bonchev–Trinajstić information content (AvgIpc) is 2.78. The maximum absolute atomic E-state index is 11.1. The van der Waals surface area contributed by atoms with Crippen LogP contribution in [0.25, 0.3) is 0 Å². The van der Waals surface area contributed by atoms with Gasteiger partial charge in [0.15, 0.2) is 5.00 Å². The molecule has 0 saturated carbocycles. The number of thiophene rings is 1. The number of nitro groups is 2. The molecule has 1 aromatic rings. The number of carboxylic acid groups (broad SMARTS) is 1. The standard InChI is InChI=1S/C9H11N3O6S2/c1-19-3-2-5(9(13)14)10-8-6(11(15)16)4-7(20-8)12(17)18/h4-5,10H,2-3H2,1H3,(H,13,14). The predicted octanol–water partition coefficient (Wildman–Crippen LogP) is 2.18. The van der Waals surface area contributed by atoms with Crippen LogP contribution in [0.3, 0.4) is 0 Å². The van der Waals surface area contributed by atoms with Crippen molar-refractivity contribution < 1.29 is 19.7 Å². The summed E-state index contributed by atoms with van der Waals surface area (Å²) in [4.78, 5) is 31.0. The molecule has 2 N–H and O–H groups in total. The first-order valence-corrected chi connectivity index (χ1v) is 7.48. The van der Waals surface area contributed by atoms with Gasteiger partial charge < -0.3 is 10.4 Å². The van der Waals surface area contributed by atoms with Crippen LogP contribution in [-0.2, 0) is 4.79 Å². The van der Waals surface area contributed by atoms with Gasteiger partial charge in [-0.2, -0.15) is 11.8 Å². The number of rotatable bonds is 8. The van der Waals surface area contributed by atoms with Gasteiger partial charge in [0.1, 0.15) is 12.1 Å². The Morgan fingerprint density at radius 2 is 2.15 bits per heavy atom. The third-order valence-corrected chi connectivity index (χ3v) is 3.94. The van der Waals surface area contributed by atoms with Crippen molar-refractivity contribution in [3.05, 3.63) is 26.3 Å². The minimum Gasteiger partial charge on any atom is -0.480 e. The first-order valence-electron chi connectivity index (χ1n) is 5.27. The first-order chi connectivity index (χ1) is 9.36. The van der Waals surface area contributed by atoms with E-state index in [1.165, 1.54) is 11.8 Å². The SMILES string of the molecule is CSCCC(Nc1sc([N+](=O)[O-])cc1[N+](=O)[O-])C(=O)O. The molecule has 1 atom stereocenters. The average molecular weight is 321 g/mol. The van der Waals surface area contributed by atoms with Gasteiger partial charge in [-0.25, -0.2) is 4.79 Å². The molecule has 0 aromatic carbocycles. The Morgan fingerprint density at radius 3 is 2.60 bits per heavy atom. The largest absolute Gasteiger partial charge is 0.480 e. The number of nitrogens with zero attached hydrogens (tertiary/aromatic N) is 2. The highest BCUT2D eigenvalue weighted by Gasteiger charge is 2.28. The fourth-order valence-corrected chi connectivity index (χ4v) is 2.71. The molecule has 11 heteroatoms. The molecule has 1 aromatic heterocycles. The minimum atomic E-state index is -1.16. The lowest BCUT2D eigenvalue weighted by molar-refractivity contribution is -0.389. The van der Waals surface area contributed by atoms with Crippen molar-refractivity contribution in [1.29, 1.82) is 0 Å². The van der Waals surface area contributed by atoms with Gasteiger partial charge in [0.05, 0.1) is 9.85 Å². The lowest BCUT2D eigenvalue weighted by Crippen LogP contribution is -2.29. The number of hydrogen-bond acceptors (Lipinski definition) is 8. The summed E-state index contributed by atoms with van der Waals surface area (Å²) in [5.74, 6) is -0.616. The first kappa shape index (κ1) is 16.2. The second-order valence-corrected chi connectivity index (χ2v) is 5.65. The van der Waals surface area contributed by atoms with Gasteiger partial charge in [-0.1, -0.05) is 0 Å². The maximum Gasteiger partial charge on any atom is 0.333 e. The number of anilines is 1. The van der Waals surface area contributed by atoms with E-state index in [4.69, 9.17) is 5.11 Å². The van der Waals surface area contributed by atoms with Crippen molar-refractivity contribution in [2.24, 2.45) is 0 Å². The molecule has 0 amide bonds. The quantitative estimate of drug-likeness (QED) is 0.549. The van der Waals surface area contributed by atoms with Crippen molar-refractivity contribution in [2.45, 2.75) is 12.5 Å². The Kier molecular flexibility index (Phi) is 5.70. The number of nitrogens with one attached hydrogen (secondary N) is 1. The third-order valence-electron chi connectivity index (χ3n) is 2.29. The van der Waals surface area contributed by atoms with Crippen LogP contribution in [0.15, 0.2) is 6.07 Å². The molecular weight excluding hydrogens is 310 g/mol. The van der Waals surface area contributed by atoms with Gasteiger partial charge >= 0.3 is 16.7 Å². The van der Waals surface area contributed by atoms with E-state index >= 15 is 0 Å². The summed E-state index contributed by atoms with van der Waals surface area (Å²) >= 11 is 1.99. The maximum atomic E-state index is 11.1. The lowest BCUT2D eigenvalue weighted by atomic mass is 10.2. The molecule has 0 radical (unpaired) electrons. The van der Waals surface area contributed by atoms with Gasteiger partial charge in [-0.05, 0) is 29.8 Å².